The van der Waals surface area contributed by atoms with E-state index in [0.29, 0.717) is 13.2 Å². The van der Waals surface area contributed by atoms with Crippen LogP contribution in [-0.2, 0) is 22.1 Å². The van der Waals surface area contributed by atoms with Crippen LogP contribution >= 0.6 is 15.9 Å². The molecule has 0 heterocycles. The molecule has 0 N–H and O–H groups in total. The normalized spacial score (nSPS) is 12.9. The van der Waals surface area contributed by atoms with Crippen molar-refractivity contribution in [3.8, 4) is 11.8 Å². The quantitative estimate of drug-likeness (QED) is 0.267. The third-order valence-electron chi connectivity index (χ3n) is 7.21. The van der Waals surface area contributed by atoms with Gasteiger partial charge in [0.1, 0.15) is 0 Å². The minimum absolute atomic E-state index is 0.168. The van der Waals surface area contributed by atoms with Crippen molar-refractivity contribution in [3.63, 3.8) is 0 Å². The molecule has 0 aliphatic carbocycles. The highest BCUT2D eigenvalue weighted by Gasteiger charge is 2.38. The molecule has 0 unspecified atom stereocenters. The Bertz CT molecular complexity index is 1020. The van der Waals surface area contributed by atoms with Crippen LogP contribution in [0, 0.1) is 11.8 Å². The lowest BCUT2D eigenvalue weighted by atomic mass is 10.0. The van der Waals surface area contributed by atoms with Gasteiger partial charge in [0.15, 0.2) is 16.6 Å². The maximum absolute atomic E-state index is 6.60. The molecule has 2 aromatic rings. The summed E-state index contributed by atoms with van der Waals surface area (Å²) in [6.07, 6.45) is 0. The lowest BCUT2D eigenvalue weighted by Crippen LogP contribution is -2.41. The van der Waals surface area contributed by atoms with E-state index in [4.69, 9.17) is 8.85 Å². The van der Waals surface area contributed by atoms with Crippen LogP contribution in [0.3, 0.4) is 0 Å². The van der Waals surface area contributed by atoms with Gasteiger partial charge in [0, 0.05) is 15.6 Å². The molecule has 0 bridgehead atoms. The first-order valence-corrected chi connectivity index (χ1v) is 18.3. The maximum atomic E-state index is 6.60. The molecular formula is C28H41BrO2Si2. The summed E-state index contributed by atoms with van der Waals surface area (Å²) in [5.41, 5.74) is 4.36. The van der Waals surface area contributed by atoms with E-state index in [1.54, 1.807) is 0 Å². The molecule has 0 atom stereocenters. The molecule has 0 fully saturated rings. The third kappa shape index (κ3) is 7.66. The van der Waals surface area contributed by atoms with E-state index < -0.39 is 16.6 Å². The highest BCUT2D eigenvalue weighted by Crippen LogP contribution is 2.38. The van der Waals surface area contributed by atoms with E-state index in [9.17, 15) is 0 Å². The Morgan fingerprint density at radius 1 is 0.727 bits per heavy atom. The average molecular weight is 546 g/mol. The van der Waals surface area contributed by atoms with Crippen LogP contribution in [0.2, 0.25) is 36.3 Å². The van der Waals surface area contributed by atoms with Crippen LogP contribution in [0.4, 0.5) is 0 Å². The zero-order chi connectivity index (χ0) is 25.1. The largest absolute Gasteiger partial charge is 0.413 e. The van der Waals surface area contributed by atoms with Gasteiger partial charge in [-0.3, -0.25) is 0 Å². The molecule has 5 heteroatoms. The molecule has 180 valence electrons. The molecule has 0 amide bonds. The smallest absolute Gasteiger partial charge is 0.192 e. The summed E-state index contributed by atoms with van der Waals surface area (Å²) in [6, 6.07) is 14.5. The number of rotatable bonds is 6. The topological polar surface area (TPSA) is 18.5 Å². The van der Waals surface area contributed by atoms with Crippen molar-refractivity contribution in [2.24, 2.45) is 0 Å². The summed E-state index contributed by atoms with van der Waals surface area (Å²) >= 11 is 3.59. The first-order valence-electron chi connectivity index (χ1n) is 11.7. The third-order valence-corrected chi connectivity index (χ3v) is 16.9. The summed E-state index contributed by atoms with van der Waals surface area (Å²) in [4.78, 5) is 0. The molecule has 0 aromatic heterocycles. The molecule has 2 nitrogen and oxygen atoms in total. The van der Waals surface area contributed by atoms with Crippen LogP contribution < -0.4 is 0 Å². The fraction of sp³-hybridized carbons (Fsp3) is 0.500. The van der Waals surface area contributed by atoms with Gasteiger partial charge in [-0.2, -0.15) is 0 Å². The second-order valence-corrected chi connectivity index (χ2v) is 22.3. The molecular weight excluding hydrogens is 504 g/mol. The van der Waals surface area contributed by atoms with Gasteiger partial charge in [0.2, 0.25) is 0 Å². The Hall–Kier alpha value is -1.17. The predicted octanol–water partition coefficient (Wildman–Crippen LogP) is 8.89. The molecule has 0 aliphatic heterocycles. The fourth-order valence-corrected chi connectivity index (χ4v) is 4.91. The second-order valence-electron chi connectivity index (χ2n) is 11.8. The van der Waals surface area contributed by atoms with E-state index in [1.165, 1.54) is 11.1 Å². The minimum Gasteiger partial charge on any atom is -0.413 e. The lowest BCUT2D eigenvalue weighted by molar-refractivity contribution is 0.257. The fourth-order valence-electron chi connectivity index (χ4n) is 2.63. The van der Waals surface area contributed by atoms with Crippen molar-refractivity contribution < 1.29 is 8.85 Å². The summed E-state index contributed by atoms with van der Waals surface area (Å²) in [5.74, 6) is 6.63. The van der Waals surface area contributed by atoms with Crippen molar-refractivity contribution >= 4 is 32.6 Å². The monoisotopic (exact) mass is 544 g/mol. The van der Waals surface area contributed by atoms with Gasteiger partial charge in [-0.1, -0.05) is 71.6 Å². The molecule has 2 rings (SSSR count). The van der Waals surface area contributed by atoms with Gasteiger partial charge >= 0.3 is 0 Å². The first kappa shape index (κ1) is 28.1. The van der Waals surface area contributed by atoms with Gasteiger partial charge in [-0.25, -0.2) is 0 Å². The molecule has 0 radical (unpaired) electrons. The highest BCUT2D eigenvalue weighted by atomic mass is 79.9. The van der Waals surface area contributed by atoms with Crippen LogP contribution in [-0.4, -0.2) is 16.6 Å². The average Bonchev–Trinajstić information content (AvgIpc) is 2.69. The first-order chi connectivity index (χ1) is 15.0. The van der Waals surface area contributed by atoms with Crippen LogP contribution in [0.5, 0.6) is 0 Å². The molecule has 0 spiro atoms. The SMILES string of the molecule is CC(C)(C)[Si](C)(C)OCc1ccc(C#Cc2ccccc2Br)cc1CO[Si](C)(C)C(C)(C)C. The van der Waals surface area contributed by atoms with Crippen molar-refractivity contribution in [2.75, 3.05) is 0 Å². The number of hydrogen-bond acceptors (Lipinski definition) is 2. The van der Waals surface area contributed by atoms with Crippen molar-refractivity contribution in [1.82, 2.24) is 0 Å². The van der Waals surface area contributed by atoms with E-state index in [1.807, 2.05) is 24.3 Å². The summed E-state index contributed by atoms with van der Waals surface area (Å²) in [6.45, 7) is 24.1. The zero-order valence-corrected chi connectivity index (χ0v) is 25.7. The summed E-state index contributed by atoms with van der Waals surface area (Å²) in [5, 5.41) is 0.348. The van der Waals surface area contributed by atoms with Crippen molar-refractivity contribution in [3.05, 3.63) is 69.2 Å². The molecule has 0 saturated carbocycles. The Morgan fingerprint density at radius 3 is 1.76 bits per heavy atom. The van der Waals surface area contributed by atoms with E-state index in [2.05, 4.69) is 114 Å². The van der Waals surface area contributed by atoms with Crippen LogP contribution in [0.1, 0.15) is 63.8 Å². The zero-order valence-electron chi connectivity index (χ0n) is 22.2. The van der Waals surface area contributed by atoms with Gasteiger partial charge in [0.05, 0.1) is 13.2 Å². The van der Waals surface area contributed by atoms with E-state index in [-0.39, 0.29) is 10.1 Å². The standard InChI is InChI=1S/C28H41BrO2Si2/c1-27(2,3)32(7,8)30-20-24-18-16-22(15-17-23-13-11-12-14-26(23)29)19-25(24)21-31-33(9,10)28(4,5)6/h11-14,16,18-19H,20-21H2,1-10H3. The maximum Gasteiger partial charge on any atom is 0.192 e. The van der Waals surface area contributed by atoms with Crippen molar-refractivity contribution in [2.45, 2.75) is 91.0 Å². The van der Waals surface area contributed by atoms with Crippen LogP contribution in [0.15, 0.2) is 46.9 Å². The second kappa shape index (κ2) is 10.6. The van der Waals surface area contributed by atoms with E-state index in [0.717, 1.165) is 15.6 Å². The molecule has 0 aliphatic rings. The Morgan fingerprint density at radius 2 is 1.24 bits per heavy atom. The number of benzene rings is 2. The Balaban J connectivity index is 2.36. The van der Waals surface area contributed by atoms with Gasteiger partial charge < -0.3 is 8.85 Å². The number of hydrogen-bond donors (Lipinski definition) is 0. The van der Waals surface area contributed by atoms with Gasteiger partial charge in [-0.15, -0.1) is 0 Å². The number of halogens is 1. The molecule has 33 heavy (non-hydrogen) atoms. The highest BCUT2D eigenvalue weighted by molar-refractivity contribution is 9.10. The Kier molecular flexibility index (Phi) is 9.03. The van der Waals surface area contributed by atoms with Crippen molar-refractivity contribution in [1.29, 1.82) is 0 Å². The van der Waals surface area contributed by atoms with Gasteiger partial charge in [-0.05, 0) is 87.6 Å². The van der Waals surface area contributed by atoms with Crippen LogP contribution in [0.25, 0.3) is 0 Å². The minimum atomic E-state index is -1.87. The molecule has 2 aromatic carbocycles. The summed E-state index contributed by atoms with van der Waals surface area (Å²) in [7, 11) is -3.72. The molecule has 0 saturated heterocycles. The summed E-state index contributed by atoms with van der Waals surface area (Å²) < 4.78 is 14.2. The Labute approximate surface area is 212 Å². The van der Waals surface area contributed by atoms with Gasteiger partial charge in [0.25, 0.3) is 0 Å². The lowest BCUT2D eigenvalue weighted by Gasteiger charge is -2.37. The van der Waals surface area contributed by atoms with E-state index >= 15 is 0 Å². The predicted molar refractivity (Wildman–Crippen MR) is 151 cm³/mol.